The Labute approximate surface area is 209 Å². The van der Waals surface area contributed by atoms with E-state index >= 15 is 0 Å². The van der Waals surface area contributed by atoms with E-state index in [9.17, 15) is 9.59 Å². The highest BCUT2D eigenvalue weighted by atomic mass is 16.5. The number of aromatic amines is 1. The molecule has 0 saturated heterocycles. The lowest BCUT2D eigenvalue weighted by Gasteiger charge is -2.22. The van der Waals surface area contributed by atoms with Crippen LogP contribution in [0.2, 0.25) is 0 Å². The highest BCUT2D eigenvalue weighted by Crippen LogP contribution is 2.32. The van der Waals surface area contributed by atoms with Gasteiger partial charge in [-0.15, -0.1) is 0 Å². The first-order valence-corrected chi connectivity index (χ1v) is 12.3. The topological polar surface area (TPSA) is 128 Å². The van der Waals surface area contributed by atoms with Gasteiger partial charge in [-0.05, 0) is 56.5 Å². The lowest BCUT2D eigenvalue weighted by molar-refractivity contribution is -0.132. The highest BCUT2D eigenvalue weighted by molar-refractivity contribution is 5.94. The van der Waals surface area contributed by atoms with Crippen molar-refractivity contribution in [3.8, 4) is 5.75 Å². The molecular weight excluding hydrogens is 460 g/mol. The van der Waals surface area contributed by atoms with Gasteiger partial charge < -0.3 is 35.5 Å². The van der Waals surface area contributed by atoms with Crippen molar-refractivity contribution in [2.24, 2.45) is 5.92 Å². The second-order valence-electron chi connectivity index (χ2n) is 9.57. The van der Waals surface area contributed by atoms with Crippen molar-refractivity contribution in [1.29, 1.82) is 0 Å². The third-order valence-corrected chi connectivity index (χ3v) is 6.54. The van der Waals surface area contributed by atoms with E-state index in [1.54, 1.807) is 24.1 Å². The van der Waals surface area contributed by atoms with Crippen LogP contribution in [0.1, 0.15) is 24.8 Å². The smallest absolute Gasteiger partial charge is 0.319 e. The third-order valence-electron chi connectivity index (χ3n) is 6.54. The minimum atomic E-state index is -0.295. The molecule has 4 N–H and O–H groups in total. The van der Waals surface area contributed by atoms with E-state index in [2.05, 4.69) is 42.8 Å². The molecule has 11 heteroatoms. The maximum Gasteiger partial charge on any atom is 0.319 e. The molecule has 1 fully saturated rings. The Morgan fingerprint density at radius 2 is 2.08 bits per heavy atom. The van der Waals surface area contributed by atoms with E-state index in [1.165, 1.54) is 6.33 Å². The molecule has 2 aromatic heterocycles. The molecule has 36 heavy (non-hydrogen) atoms. The fourth-order valence-electron chi connectivity index (χ4n) is 4.25. The maximum atomic E-state index is 12.7. The highest BCUT2D eigenvalue weighted by Gasteiger charge is 2.22. The monoisotopic (exact) mass is 492 g/mol. The van der Waals surface area contributed by atoms with Gasteiger partial charge in [-0.25, -0.2) is 14.8 Å². The van der Waals surface area contributed by atoms with Crippen LogP contribution in [0.15, 0.2) is 30.7 Å². The molecule has 3 amide bonds. The second kappa shape index (κ2) is 10.4. The summed E-state index contributed by atoms with van der Waals surface area (Å²) >= 11 is 0. The number of hydrogen-bond acceptors (Lipinski definition) is 7. The number of aromatic nitrogens is 3. The van der Waals surface area contributed by atoms with Crippen LogP contribution in [0.4, 0.5) is 22.0 Å². The molecule has 3 aromatic rings. The number of likely N-dealkylation sites (N-methyl/N-ethyl adjacent to an activating group) is 1. The third kappa shape index (κ3) is 5.68. The molecule has 2 bridgehead atoms. The Bertz CT molecular complexity index is 1260. The Kier molecular flexibility index (Phi) is 6.90. The molecule has 1 aliphatic heterocycles. The first-order valence-electron chi connectivity index (χ1n) is 12.3. The van der Waals surface area contributed by atoms with E-state index in [4.69, 9.17) is 4.74 Å². The summed E-state index contributed by atoms with van der Waals surface area (Å²) in [6, 6.07) is 5.07. The molecule has 1 aliphatic carbocycles. The Morgan fingerprint density at radius 1 is 1.22 bits per heavy atom. The number of anilines is 3. The van der Waals surface area contributed by atoms with Crippen LogP contribution < -0.4 is 20.7 Å². The number of H-pyrrole nitrogens is 1. The lowest BCUT2D eigenvalue weighted by atomic mass is 10.2. The van der Waals surface area contributed by atoms with E-state index in [1.807, 2.05) is 12.3 Å². The molecule has 5 rings (SSSR count). The van der Waals surface area contributed by atoms with Crippen LogP contribution in [0.5, 0.6) is 5.75 Å². The number of urea groups is 1. The van der Waals surface area contributed by atoms with Crippen LogP contribution in [0, 0.1) is 5.92 Å². The van der Waals surface area contributed by atoms with Gasteiger partial charge in [-0.2, -0.15) is 0 Å². The fraction of sp³-hybridized carbons (Fsp3) is 0.440. The molecule has 0 spiro atoms. The molecule has 0 radical (unpaired) electrons. The zero-order chi connectivity index (χ0) is 25.1. The number of nitrogens with one attached hydrogen (secondary N) is 4. The number of amides is 3. The van der Waals surface area contributed by atoms with Crippen molar-refractivity contribution in [2.75, 3.05) is 51.0 Å². The minimum absolute atomic E-state index is 0.127. The van der Waals surface area contributed by atoms with E-state index in [0.29, 0.717) is 48.5 Å². The molecule has 11 nitrogen and oxygen atoms in total. The van der Waals surface area contributed by atoms with Crippen LogP contribution in [0.25, 0.3) is 11.0 Å². The number of carbonyl (C=O) groups is 2. The van der Waals surface area contributed by atoms with Crippen molar-refractivity contribution in [3.63, 3.8) is 0 Å². The predicted molar refractivity (Wildman–Crippen MR) is 137 cm³/mol. The predicted octanol–water partition coefficient (Wildman–Crippen LogP) is 2.91. The Balaban J connectivity index is 1.45. The van der Waals surface area contributed by atoms with Crippen LogP contribution in [0.3, 0.4) is 0 Å². The summed E-state index contributed by atoms with van der Waals surface area (Å²) in [6.45, 7) is 2.68. The zero-order valence-electron chi connectivity index (χ0n) is 20.6. The quantitative estimate of drug-likeness (QED) is 0.443. The zero-order valence-corrected chi connectivity index (χ0v) is 20.6. The van der Waals surface area contributed by atoms with Gasteiger partial charge >= 0.3 is 6.03 Å². The van der Waals surface area contributed by atoms with Crippen LogP contribution >= 0.6 is 0 Å². The number of fused-ring (bicyclic) bond motifs is 2. The van der Waals surface area contributed by atoms with Gasteiger partial charge in [0.15, 0.2) is 6.61 Å². The van der Waals surface area contributed by atoms with Crippen molar-refractivity contribution in [3.05, 3.63) is 36.3 Å². The average Bonchev–Trinajstić information content (AvgIpc) is 3.61. The van der Waals surface area contributed by atoms with Gasteiger partial charge in [0, 0.05) is 44.6 Å². The Morgan fingerprint density at radius 3 is 2.92 bits per heavy atom. The SMILES string of the molecule is CN1CCCN(C)C(=O)COc2cc(ccc2NC(=O)NCC2CC2)Nc2ncnc3[nH]cc(c23)C1. The number of benzene rings is 1. The molecular formula is C25H32N8O3. The molecule has 0 unspecified atom stereocenters. The van der Waals surface area contributed by atoms with Crippen molar-refractivity contribution >= 4 is 40.2 Å². The number of carbonyl (C=O) groups excluding carboxylic acids is 2. The number of ether oxygens (including phenoxy) is 1. The molecule has 3 heterocycles. The van der Waals surface area contributed by atoms with E-state index in [-0.39, 0.29) is 18.5 Å². The van der Waals surface area contributed by atoms with Crippen molar-refractivity contribution < 1.29 is 14.3 Å². The average molecular weight is 493 g/mol. The standard InChI is InChI=1S/C25H32N8O3/c1-32-8-3-9-33(2)21(34)14-36-20-10-18(6-7-19(20)31-25(35)27-11-16-4-5-16)30-24-22-17(13-32)12-26-23(22)28-15-29-24/h6-7,10,12,15-16H,3-5,8-9,11,13-14H2,1-2H3,(H2,27,31,35)(H2,26,28,29,30). The molecule has 0 atom stereocenters. The molecule has 1 saturated carbocycles. The minimum Gasteiger partial charge on any atom is -0.482 e. The van der Waals surface area contributed by atoms with Gasteiger partial charge in [-0.1, -0.05) is 0 Å². The molecule has 190 valence electrons. The van der Waals surface area contributed by atoms with Gasteiger partial charge in [-0.3, -0.25) is 4.79 Å². The summed E-state index contributed by atoms with van der Waals surface area (Å²) in [7, 11) is 3.84. The first kappa shape index (κ1) is 23.9. The normalized spacial score (nSPS) is 17.4. The van der Waals surface area contributed by atoms with Crippen molar-refractivity contribution in [2.45, 2.75) is 25.8 Å². The largest absolute Gasteiger partial charge is 0.482 e. The van der Waals surface area contributed by atoms with Gasteiger partial charge in [0.05, 0.1) is 11.1 Å². The van der Waals surface area contributed by atoms with Gasteiger partial charge in [0.1, 0.15) is 23.5 Å². The summed E-state index contributed by atoms with van der Waals surface area (Å²) in [6.07, 6.45) is 6.60. The maximum absolute atomic E-state index is 12.7. The Hall–Kier alpha value is -3.86. The van der Waals surface area contributed by atoms with Crippen LogP contribution in [-0.4, -0.2) is 77.0 Å². The van der Waals surface area contributed by atoms with E-state index in [0.717, 1.165) is 42.4 Å². The number of nitrogens with zero attached hydrogens (tertiary/aromatic N) is 4. The number of rotatable bonds is 3. The molecule has 2 aliphatic rings. The molecule has 1 aromatic carbocycles. The van der Waals surface area contributed by atoms with E-state index < -0.39 is 0 Å². The summed E-state index contributed by atoms with van der Waals surface area (Å²) in [4.78, 5) is 41.1. The summed E-state index contributed by atoms with van der Waals surface area (Å²) in [5.41, 5.74) is 3.03. The summed E-state index contributed by atoms with van der Waals surface area (Å²) < 4.78 is 5.93. The summed E-state index contributed by atoms with van der Waals surface area (Å²) in [5.74, 6) is 1.51. The number of hydrogen-bond donors (Lipinski definition) is 4. The lowest BCUT2D eigenvalue weighted by Crippen LogP contribution is -2.34. The summed E-state index contributed by atoms with van der Waals surface area (Å²) in [5, 5.41) is 10.0. The van der Waals surface area contributed by atoms with Gasteiger partial charge in [0.25, 0.3) is 5.91 Å². The van der Waals surface area contributed by atoms with Crippen molar-refractivity contribution in [1.82, 2.24) is 30.1 Å². The fourth-order valence-corrected chi connectivity index (χ4v) is 4.25. The first-order chi connectivity index (χ1) is 17.5. The second-order valence-corrected chi connectivity index (χ2v) is 9.57. The van der Waals surface area contributed by atoms with Gasteiger partial charge in [0.2, 0.25) is 0 Å². The van der Waals surface area contributed by atoms with Crippen LogP contribution in [-0.2, 0) is 11.3 Å².